The largest absolute Gasteiger partial charge is 0.323 e. The Kier molecular flexibility index (Phi) is 2.68. The maximum atomic E-state index is 5.06. The number of fused-ring (bicyclic) bond motifs is 1. The van der Waals surface area contributed by atoms with Gasteiger partial charge in [-0.05, 0) is 63.3 Å². The van der Waals surface area contributed by atoms with Crippen LogP contribution >= 0.6 is 0 Å². The van der Waals surface area contributed by atoms with Gasteiger partial charge in [0.2, 0.25) is 0 Å². The third-order valence-corrected chi connectivity index (χ3v) is 5.03. The van der Waals surface area contributed by atoms with Crippen molar-refractivity contribution in [2.24, 2.45) is 0 Å². The van der Waals surface area contributed by atoms with E-state index in [-0.39, 0.29) is 5.54 Å². The van der Waals surface area contributed by atoms with Gasteiger partial charge in [0.1, 0.15) is 5.82 Å². The van der Waals surface area contributed by atoms with Crippen LogP contribution in [0.25, 0.3) is 11.0 Å². The number of hydrogen-bond donors (Lipinski definition) is 1. The van der Waals surface area contributed by atoms with E-state index in [9.17, 15) is 0 Å². The van der Waals surface area contributed by atoms with Crippen LogP contribution in [0.4, 0.5) is 0 Å². The van der Waals surface area contributed by atoms with Crippen LogP contribution in [0.1, 0.15) is 56.5 Å². The summed E-state index contributed by atoms with van der Waals surface area (Å²) in [5, 5.41) is 3.75. The first-order chi connectivity index (χ1) is 9.73. The molecule has 0 radical (unpaired) electrons. The lowest BCUT2D eigenvalue weighted by Gasteiger charge is -2.28. The molecular weight excluding hydrogens is 246 g/mol. The Morgan fingerprint density at radius 2 is 2.25 bits per heavy atom. The number of imidazole rings is 1. The van der Waals surface area contributed by atoms with Gasteiger partial charge in [0.05, 0.1) is 16.6 Å². The first-order valence-electron chi connectivity index (χ1n) is 7.97. The lowest BCUT2D eigenvalue weighted by atomic mass is 9.93. The third kappa shape index (κ3) is 1.72. The summed E-state index contributed by atoms with van der Waals surface area (Å²) in [5.41, 5.74) is 3.91. The van der Waals surface area contributed by atoms with Crippen LogP contribution in [0.3, 0.4) is 0 Å². The molecule has 1 aliphatic carbocycles. The highest BCUT2D eigenvalue weighted by molar-refractivity contribution is 5.77. The summed E-state index contributed by atoms with van der Waals surface area (Å²) in [6.45, 7) is 5.57. The van der Waals surface area contributed by atoms with Gasteiger partial charge in [0.25, 0.3) is 0 Å². The molecule has 3 nitrogen and oxygen atoms in total. The smallest absolute Gasteiger partial charge is 0.130 e. The molecule has 1 atom stereocenters. The Labute approximate surface area is 120 Å². The van der Waals surface area contributed by atoms with Crippen molar-refractivity contribution in [3.63, 3.8) is 0 Å². The number of benzene rings is 1. The summed E-state index contributed by atoms with van der Waals surface area (Å²) < 4.78 is 2.54. The second kappa shape index (κ2) is 4.32. The van der Waals surface area contributed by atoms with Crippen LogP contribution in [0.2, 0.25) is 0 Å². The summed E-state index contributed by atoms with van der Waals surface area (Å²) in [7, 11) is 0. The minimum Gasteiger partial charge on any atom is -0.323 e. The van der Waals surface area contributed by atoms with Crippen LogP contribution in [0.15, 0.2) is 18.2 Å². The molecule has 1 aromatic heterocycles. The van der Waals surface area contributed by atoms with Gasteiger partial charge >= 0.3 is 0 Å². The number of nitrogens with zero attached hydrogens (tertiary/aromatic N) is 2. The van der Waals surface area contributed by atoms with E-state index >= 15 is 0 Å². The fourth-order valence-corrected chi connectivity index (χ4v) is 3.71. The minimum atomic E-state index is 0.107. The highest BCUT2D eigenvalue weighted by Crippen LogP contribution is 2.43. The molecule has 0 bridgehead atoms. The van der Waals surface area contributed by atoms with E-state index in [1.54, 1.807) is 0 Å². The van der Waals surface area contributed by atoms with E-state index < -0.39 is 0 Å². The van der Waals surface area contributed by atoms with Gasteiger partial charge in [0.15, 0.2) is 0 Å². The molecule has 1 saturated carbocycles. The van der Waals surface area contributed by atoms with Gasteiger partial charge in [-0.25, -0.2) is 4.98 Å². The van der Waals surface area contributed by atoms with Gasteiger partial charge in [0, 0.05) is 6.04 Å². The predicted octanol–water partition coefficient (Wildman–Crippen LogP) is 3.67. The first kappa shape index (κ1) is 12.4. The average Bonchev–Trinajstić information content (AvgIpc) is 3.04. The Hall–Kier alpha value is -1.35. The van der Waals surface area contributed by atoms with Crippen molar-refractivity contribution in [1.82, 2.24) is 14.9 Å². The monoisotopic (exact) mass is 269 g/mol. The minimum absolute atomic E-state index is 0.107. The van der Waals surface area contributed by atoms with Crippen molar-refractivity contribution in [2.45, 2.75) is 57.5 Å². The van der Waals surface area contributed by atoms with Crippen molar-refractivity contribution in [3.05, 3.63) is 29.6 Å². The zero-order valence-electron chi connectivity index (χ0n) is 12.4. The number of nitrogens with one attached hydrogen (secondary N) is 1. The summed E-state index contributed by atoms with van der Waals surface area (Å²) in [6.07, 6.45) is 6.24. The normalized spacial score (nSPS) is 26.5. The van der Waals surface area contributed by atoms with Crippen LogP contribution in [-0.4, -0.2) is 16.1 Å². The molecule has 2 fully saturated rings. The lowest BCUT2D eigenvalue weighted by Crippen LogP contribution is -2.38. The number of hydrogen-bond acceptors (Lipinski definition) is 2. The van der Waals surface area contributed by atoms with Crippen LogP contribution in [-0.2, 0) is 5.54 Å². The average molecular weight is 269 g/mol. The van der Waals surface area contributed by atoms with E-state index in [4.69, 9.17) is 4.98 Å². The number of aromatic nitrogens is 2. The zero-order chi connectivity index (χ0) is 13.7. The number of aryl methyl sites for hydroxylation is 1. The molecule has 106 valence electrons. The highest BCUT2D eigenvalue weighted by atomic mass is 15.2. The molecule has 0 amide bonds. The van der Waals surface area contributed by atoms with Crippen molar-refractivity contribution in [3.8, 4) is 0 Å². The van der Waals surface area contributed by atoms with E-state index in [1.165, 1.54) is 48.1 Å². The van der Waals surface area contributed by atoms with E-state index in [2.05, 4.69) is 41.9 Å². The van der Waals surface area contributed by atoms with Crippen LogP contribution in [0, 0.1) is 6.92 Å². The maximum Gasteiger partial charge on any atom is 0.130 e. The Morgan fingerprint density at radius 1 is 1.40 bits per heavy atom. The third-order valence-electron chi connectivity index (χ3n) is 5.03. The van der Waals surface area contributed by atoms with E-state index in [1.807, 2.05) is 0 Å². The highest BCUT2D eigenvalue weighted by Gasteiger charge is 2.41. The van der Waals surface area contributed by atoms with Gasteiger partial charge in [-0.3, -0.25) is 0 Å². The maximum absolute atomic E-state index is 5.06. The second-order valence-corrected chi connectivity index (χ2v) is 6.49. The molecule has 1 unspecified atom stereocenters. The van der Waals surface area contributed by atoms with E-state index in [0.29, 0.717) is 6.04 Å². The molecule has 1 N–H and O–H groups in total. The topological polar surface area (TPSA) is 29.9 Å². The van der Waals surface area contributed by atoms with Crippen molar-refractivity contribution in [1.29, 1.82) is 0 Å². The van der Waals surface area contributed by atoms with Crippen molar-refractivity contribution < 1.29 is 0 Å². The Bertz CT molecular complexity index is 646. The van der Waals surface area contributed by atoms with Crippen LogP contribution < -0.4 is 5.32 Å². The summed E-state index contributed by atoms with van der Waals surface area (Å²) in [4.78, 5) is 5.06. The quantitative estimate of drug-likeness (QED) is 0.921. The molecular formula is C17H23N3. The Morgan fingerprint density at radius 3 is 2.90 bits per heavy atom. The molecule has 1 saturated heterocycles. The standard InChI is InChI=1S/C17H23N3/c1-3-17(9-4-10-18-17)16-19-14-11-12(2)5-8-15(14)20(16)13-6-7-13/h5,8,11,13,18H,3-4,6-7,9-10H2,1-2H3. The molecule has 4 rings (SSSR count). The fraction of sp³-hybridized carbons (Fsp3) is 0.588. The van der Waals surface area contributed by atoms with Crippen LogP contribution in [0.5, 0.6) is 0 Å². The summed E-state index contributed by atoms with van der Waals surface area (Å²) >= 11 is 0. The van der Waals surface area contributed by atoms with Crippen molar-refractivity contribution in [2.75, 3.05) is 6.54 Å². The Balaban J connectivity index is 1.95. The predicted molar refractivity (Wildman–Crippen MR) is 81.9 cm³/mol. The SMILES string of the molecule is CCC1(c2nc3cc(C)ccc3n2C2CC2)CCCN1. The summed E-state index contributed by atoms with van der Waals surface area (Å²) in [6, 6.07) is 7.39. The molecule has 20 heavy (non-hydrogen) atoms. The molecule has 2 aliphatic rings. The molecule has 1 aliphatic heterocycles. The summed E-state index contributed by atoms with van der Waals surface area (Å²) in [5.74, 6) is 1.29. The van der Waals surface area contributed by atoms with Gasteiger partial charge < -0.3 is 9.88 Å². The molecule has 0 spiro atoms. The molecule has 3 heteroatoms. The van der Waals surface area contributed by atoms with Gasteiger partial charge in [-0.2, -0.15) is 0 Å². The second-order valence-electron chi connectivity index (χ2n) is 6.49. The van der Waals surface area contributed by atoms with Crippen molar-refractivity contribution >= 4 is 11.0 Å². The fourth-order valence-electron chi connectivity index (χ4n) is 3.71. The first-order valence-corrected chi connectivity index (χ1v) is 7.97. The van der Waals surface area contributed by atoms with E-state index in [0.717, 1.165) is 13.0 Å². The molecule has 2 aromatic rings. The van der Waals surface area contributed by atoms with Gasteiger partial charge in [-0.1, -0.05) is 13.0 Å². The zero-order valence-corrected chi connectivity index (χ0v) is 12.4. The molecule has 2 heterocycles. The molecule has 1 aromatic carbocycles. The van der Waals surface area contributed by atoms with Gasteiger partial charge in [-0.15, -0.1) is 0 Å². The lowest BCUT2D eigenvalue weighted by molar-refractivity contribution is 0.339. The number of rotatable bonds is 3.